The van der Waals surface area contributed by atoms with Crippen LogP contribution in [-0.4, -0.2) is 34.3 Å². The Balaban J connectivity index is 1.87. The summed E-state index contributed by atoms with van der Waals surface area (Å²) in [7, 11) is 0. The number of aliphatic hydroxyl groups excluding tert-OH is 1. The van der Waals surface area contributed by atoms with Crippen LogP contribution < -0.4 is 4.74 Å². The van der Waals surface area contributed by atoms with E-state index in [1.54, 1.807) is 0 Å². The number of hydrogen-bond acceptors (Lipinski definition) is 3. The zero-order valence-electron chi connectivity index (χ0n) is 15.5. The van der Waals surface area contributed by atoms with Crippen LogP contribution in [0.15, 0.2) is 30.4 Å². The van der Waals surface area contributed by atoms with Crippen LogP contribution in [0.5, 0.6) is 5.75 Å². The maximum atomic E-state index is 10.5. The third-order valence-electron chi connectivity index (χ3n) is 5.23. The van der Waals surface area contributed by atoms with Gasteiger partial charge in [0.1, 0.15) is 5.75 Å². The van der Waals surface area contributed by atoms with E-state index in [4.69, 9.17) is 21.4 Å². The van der Waals surface area contributed by atoms with Gasteiger partial charge >= 0.3 is 5.97 Å². The molecule has 144 valence electrons. The molecule has 4 atom stereocenters. The van der Waals surface area contributed by atoms with Crippen LogP contribution in [0.25, 0.3) is 0 Å². The normalized spacial score (nSPS) is 25.7. The van der Waals surface area contributed by atoms with Crippen molar-refractivity contribution in [2.45, 2.75) is 57.4 Å². The topological polar surface area (TPSA) is 66.8 Å². The van der Waals surface area contributed by atoms with Gasteiger partial charge in [-0.3, -0.25) is 4.79 Å². The van der Waals surface area contributed by atoms with Crippen LogP contribution >= 0.6 is 11.6 Å². The molecule has 2 N–H and O–H groups in total. The van der Waals surface area contributed by atoms with Gasteiger partial charge < -0.3 is 14.9 Å². The van der Waals surface area contributed by atoms with Gasteiger partial charge in [0, 0.05) is 17.7 Å². The highest BCUT2D eigenvalue weighted by Crippen LogP contribution is 2.39. The van der Waals surface area contributed by atoms with Crippen molar-refractivity contribution in [1.29, 1.82) is 0 Å². The second kappa shape index (κ2) is 9.98. The number of benzene rings is 1. The summed E-state index contributed by atoms with van der Waals surface area (Å²) in [5.41, 5.74) is 2.41. The zero-order chi connectivity index (χ0) is 19.1. The van der Waals surface area contributed by atoms with Crippen molar-refractivity contribution in [2.75, 3.05) is 6.61 Å². The Morgan fingerprint density at radius 2 is 2.04 bits per heavy atom. The van der Waals surface area contributed by atoms with E-state index >= 15 is 0 Å². The van der Waals surface area contributed by atoms with Gasteiger partial charge in [0.15, 0.2) is 0 Å². The standard InChI is InChI=1S/C21H29ClO4/c1-14-9-10-16(11-15(14)2)26-13-18-17(19(22)12-20(18)23)7-5-3-4-6-8-21(24)25/h3,5,9-11,17-20,23H,4,6-8,12-13H2,1-2H3,(H,24,25)/b5-3-/t17-,18-,19+,20-/m1/s1. The quantitative estimate of drug-likeness (QED) is 0.376. The first-order valence-corrected chi connectivity index (χ1v) is 9.71. The highest BCUT2D eigenvalue weighted by molar-refractivity contribution is 6.21. The third kappa shape index (κ3) is 6.03. The van der Waals surface area contributed by atoms with Gasteiger partial charge in [0.2, 0.25) is 0 Å². The van der Waals surface area contributed by atoms with Gasteiger partial charge in [-0.2, -0.15) is 0 Å². The highest BCUT2D eigenvalue weighted by Gasteiger charge is 2.41. The average molecular weight is 381 g/mol. The number of rotatable bonds is 9. The SMILES string of the molecule is Cc1ccc(OC[C@@H]2[C@@H](C/C=C\CCCC(=O)O)[C@@H](Cl)C[C@H]2O)cc1C. The summed E-state index contributed by atoms with van der Waals surface area (Å²) in [4.78, 5) is 10.5. The van der Waals surface area contributed by atoms with Crippen LogP contribution in [0.4, 0.5) is 0 Å². The van der Waals surface area contributed by atoms with Crippen LogP contribution in [0.1, 0.15) is 43.2 Å². The molecular weight excluding hydrogens is 352 g/mol. The summed E-state index contributed by atoms with van der Waals surface area (Å²) in [5.74, 6) is 0.222. The Bertz CT molecular complexity index is 628. The molecule has 1 aromatic carbocycles. The van der Waals surface area contributed by atoms with E-state index in [-0.39, 0.29) is 23.6 Å². The molecule has 1 aromatic rings. The number of carboxylic acid groups (broad SMARTS) is 1. The number of halogens is 1. The Kier molecular flexibility index (Phi) is 7.98. The molecule has 26 heavy (non-hydrogen) atoms. The molecule has 0 amide bonds. The van der Waals surface area contributed by atoms with Gasteiger partial charge in [-0.15, -0.1) is 11.6 Å². The van der Waals surface area contributed by atoms with Crippen molar-refractivity contribution in [3.63, 3.8) is 0 Å². The lowest BCUT2D eigenvalue weighted by Gasteiger charge is -2.23. The summed E-state index contributed by atoms with van der Waals surface area (Å²) in [5, 5.41) is 18.9. The van der Waals surface area contributed by atoms with Crippen molar-refractivity contribution in [3.8, 4) is 5.75 Å². The van der Waals surface area contributed by atoms with E-state index in [2.05, 4.69) is 19.9 Å². The van der Waals surface area contributed by atoms with Gasteiger partial charge in [-0.1, -0.05) is 18.2 Å². The summed E-state index contributed by atoms with van der Waals surface area (Å²) >= 11 is 6.45. The summed E-state index contributed by atoms with van der Waals surface area (Å²) in [6, 6.07) is 6.02. The lowest BCUT2D eigenvalue weighted by molar-refractivity contribution is -0.137. The first-order chi connectivity index (χ1) is 12.4. The molecule has 1 aliphatic carbocycles. The fraction of sp³-hybridized carbons (Fsp3) is 0.571. The molecule has 5 heteroatoms. The van der Waals surface area contributed by atoms with Crippen LogP contribution in [0.3, 0.4) is 0 Å². The molecule has 0 saturated heterocycles. The van der Waals surface area contributed by atoms with E-state index in [0.29, 0.717) is 19.4 Å². The van der Waals surface area contributed by atoms with Crippen LogP contribution in [-0.2, 0) is 4.79 Å². The van der Waals surface area contributed by atoms with E-state index in [9.17, 15) is 9.90 Å². The number of aliphatic hydroxyl groups is 1. The lowest BCUT2D eigenvalue weighted by atomic mass is 9.92. The van der Waals surface area contributed by atoms with Crippen molar-refractivity contribution in [2.24, 2.45) is 11.8 Å². The van der Waals surface area contributed by atoms with E-state index in [1.807, 2.05) is 24.3 Å². The second-order valence-corrected chi connectivity index (χ2v) is 7.76. The van der Waals surface area contributed by atoms with Crippen molar-refractivity contribution < 1.29 is 19.7 Å². The zero-order valence-corrected chi connectivity index (χ0v) is 16.3. The smallest absolute Gasteiger partial charge is 0.303 e. The van der Waals surface area contributed by atoms with E-state index in [0.717, 1.165) is 18.6 Å². The van der Waals surface area contributed by atoms with Gasteiger partial charge in [-0.05, 0) is 68.7 Å². The molecule has 4 nitrogen and oxygen atoms in total. The minimum absolute atomic E-state index is 0.00257. The van der Waals surface area contributed by atoms with E-state index in [1.165, 1.54) is 11.1 Å². The fourth-order valence-electron chi connectivity index (χ4n) is 3.43. The number of aryl methyl sites for hydroxylation is 2. The number of allylic oxidation sites excluding steroid dienone is 2. The number of carbonyl (C=O) groups is 1. The van der Waals surface area contributed by atoms with Crippen LogP contribution in [0.2, 0.25) is 0 Å². The van der Waals surface area contributed by atoms with Gasteiger partial charge in [0.05, 0.1) is 12.7 Å². The van der Waals surface area contributed by atoms with Crippen molar-refractivity contribution in [1.82, 2.24) is 0 Å². The second-order valence-electron chi connectivity index (χ2n) is 7.20. The minimum Gasteiger partial charge on any atom is -0.493 e. The largest absolute Gasteiger partial charge is 0.493 e. The molecule has 1 fully saturated rings. The molecule has 0 radical (unpaired) electrons. The number of aliphatic carboxylic acids is 1. The number of unbranched alkanes of at least 4 members (excludes halogenated alkanes) is 1. The Hall–Kier alpha value is -1.52. The molecule has 1 saturated carbocycles. The molecule has 0 spiro atoms. The molecule has 0 bridgehead atoms. The van der Waals surface area contributed by atoms with Crippen molar-refractivity contribution >= 4 is 17.6 Å². The number of alkyl halides is 1. The number of hydrogen-bond donors (Lipinski definition) is 2. The first-order valence-electron chi connectivity index (χ1n) is 9.27. The predicted octanol–water partition coefficient (Wildman–Crippen LogP) is 4.49. The Morgan fingerprint density at radius 1 is 1.27 bits per heavy atom. The van der Waals surface area contributed by atoms with Crippen LogP contribution in [0, 0.1) is 25.7 Å². The molecule has 2 rings (SSSR count). The van der Waals surface area contributed by atoms with Crippen molar-refractivity contribution in [3.05, 3.63) is 41.5 Å². The molecule has 1 aliphatic rings. The monoisotopic (exact) mass is 380 g/mol. The molecule has 0 aromatic heterocycles. The maximum absolute atomic E-state index is 10.5. The summed E-state index contributed by atoms with van der Waals surface area (Å²) in [6.07, 6.45) is 6.56. The van der Waals surface area contributed by atoms with Gasteiger partial charge in [-0.25, -0.2) is 0 Å². The van der Waals surface area contributed by atoms with E-state index < -0.39 is 12.1 Å². The first kappa shape index (κ1) is 20.8. The third-order valence-corrected chi connectivity index (χ3v) is 5.73. The Morgan fingerprint density at radius 3 is 2.73 bits per heavy atom. The molecular formula is C21H29ClO4. The maximum Gasteiger partial charge on any atom is 0.303 e. The highest BCUT2D eigenvalue weighted by atomic mass is 35.5. The number of carboxylic acids is 1. The minimum atomic E-state index is -0.762. The van der Waals surface area contributed by atoms with Gasteiger partial charge in [0.25, 0.3) is 0 Å². The Labute approximate surface area is 160 Å². The average Bonchev–Trinajstić information content (AvgIpc) is 2.85. The number of ether oxygens (including phenoxy) is 1. The summed E-state index contributed by atoms with van der Waals surface area (Å²) < 4.78 is 5.94. The fourth-order valence-corrected chi connectivity index (χ4v) is 3.90. The predicted molar refractivity (Wildman–Crippen MR) is 104 cm³/mol. The molecule has 0 heterocycles. The summed E-state index contributed by atoms with van der Waals surface area (Å²) in [6.45, 7) is 4.57. The molecule has 0 aliphatic heterocycles. The molecule has 0 unspecified atom stereocenters. The lowest BCUT2D eigenvalue weighted by Crippen LogP contribution is -2.27.